The van der Waals surface area contributed by atoms with Crippen molar-refractivity contribution >= 4 is 16.5 Å². The molecule has 114 valence electrons. The molecule has 0 saturated carbocycles. The minimum atomic E-state index is 0.653. The van der Waals surface area contributed by atoms with Crippen molar-refractivity contribution in [1.29, 1.82) is 0 Å². The quantitative estimate of drug-likeness (QED) is 0.906. The molecule has 0 amide bonds. The lowest BCUT2D eigenvalue weighted by molar-refractivity contribution is 0.196. The van der Waals surface area contributed by atoms with Gasteiger partial charge in [0.1, 0.15) is 0 Å². The van der Waals surface area contributed by atoms with Crippen LogP contribution < -0.4 is 10.6 Å². The predicted molar refractivity (Wildman–Crippen MR) is 87.7 cm³/mol. The molecule has 1 fully saturated rings. The second kappa shape index (κ2) is 7.38. The third kappa shape index (κ3) is 3.71. The molecular weight excluding hydrogens is 268 g/mol. The van der Waals surface area contributed by atoms with Crippen LogP contribution in [-0.2, 0) is 0 Å². The highest BCUT2D eigenvalue weighted by Crippen LogP contribution is 2.26. The van der Waals surface area contributed by atoms with Crippen molar-refractivity contribution in [3.05, 3.63) is 10.6 Å². The molecule has 2 rings (SSSR count). The zero-order chi connectivity index (χ0) is 14.5. The van der Waals surface area contributed by atoms with Crippen LogP contribution in [0.2, 0.25) is 0 Å². The minimum Gasteiger partial charge on any atom is -0.347 e. The maximum absolute atomic E-state index is 5.74. The first-order chi connectivity index (χ1) is 9.65. The highest BCUT2D eigenvalue weighted by molar-refractivity contribution is 7.15. The van der Waals surface area contributed by atoms with Crippen molar-refractivity contribution in [2.75, 3.05) is 37.6 Å². The van der Waals surface area contributed by atoms with Crippen LogP contribution in [0.1, 0.15) is 36.8 Å². The number of aryl methyl sites for hydroxylation is 2. The summed E-state index contributed by atoms with van der Waals surface area (Å²) in [6, 6.07) is 0.653. The summed E-state index contributed by atoms with van der Waals surface area (Å²) in [4.78, 5) is 11.1. The van der Waals surface area contributed by atoms with Crippen LogP contribution in [0.4, 0.5) is 5.13 Å². The third-order valence-corrected chi connectivity index (χ3v) is 5.44. The molecule has 0 aromatic carbocycles. The van der Waals surface area contributed by atoms with E-state index in [1.54, 1.807) is 0 Å². The molecule has 0 spiro atoms. The molecule has 0 aliphatic carbocycles. The van der Waals surface area contributed by atoms with Gasteiger partial charge in [-0.05, 0) is 39.7 Å². The number of hydrogen-bond donors (Lipinski definition) is 1. The second-order valence-electron chi connectivity index (χ2n) is 5.65. The topological polar surface area (TPSA) is 45.4 Å². The Balaban J connectivity index is 1.98. The predicted octanol–water partition coefficient (Wildman–Crippen LogP) is 2.40. The Morgan fingerprint density at radius 2 is 2.05 bits per heavy atom. The molecule has 0 radical (unpaired) electrons. The molecule has 1 aromatic rings. The summed E-state index contributed by atoms with van der Waals surface area (Å²) in [5.41, 5.74) is 6.92. The van der Waals surface area contributed by atoms with Crippen molar-refractivity contribution < 1.29 is 0 Å². The van der Waals surface area contributed by atoms with E-state index in [9.17, 15) is 0 Å². The van der Waals surface area contributed by atoms with Gasteiger partial charge in [-0.3, -0.25) is 4.90 Å². The zero-order valence-electron chi connectivity index (χ0n) is 13.1. The molecule has 2 N–H and O–H groups in total. The average Bonchev–Trinajstić information content (AvgIpc) is 2.67. The second-order valence-corrected chi connectivity index (χ2v) is 6.84. The Bertz CT molecular complexity index is 399. The van der Waals surface area contributed by atoms with E-state index < -0.39 is 0 Å². The van der Waals surface area contributed by atoms with Gasteiger partial charge in [0.2, 0.25) is 0 Å². The van der Waals surface area contributed by atoms with Crippen molar-refractivity contribution in [3.63, 3.8) is 0 Å². The van der Waals surface area contributed by atoms with E-state index in [1.165, 1.54) is 35.1 Å². The fraction of sp³-hybridized carbons (Fsp3) is 0.800. The fourth-order valence-corrected chi connectivity index (χ4v) is 3.88. The van der Waals surface area contributed by atoms with Gasteiger partial charge in [0.05, 0.1) is 5.69 Å². The summed E-state index contributed by atoms with van der Waals surface area (Å²) in [5, 5.41) is 1.20. The van der Waals surface area contributed by atoms with E-state index in [2.05, 4.69) is 30.6 Å². The molecule has 1 unspecified atom stereocenters. The van der Waals surface area contributed by atoms with E-state index in [1.807, 2.05) is 11.3 Å². The molecule has 1 aliphatic heterocycles. The maximum Gasteiger partial charge on any atom is 0.185 e. The minimum absolute atomic E-state index is 0.653. The summed E-state index contributed by atoms with van der Waals surface area (Å²) in [5.74, 6) is 0. The highest BCUT2D eigenvalue weighted by atomic mass is 32.1. The summed E-state index contributed by atoms with van der Waals surface area (Å²) in [6.45, 7) is 11.9. The van der Waals surface area contributed by atoms with Crippen LogP contribution in [0.25, 0.3) is 0 Å². The van der Waals surface area contributed by atoms with E-state index in [-0.39, 0.29) is 0 Å². The van der Waals surface area contributed by atoms with Crippen molar-refractivity contribution in [3.8, 4) is 0 Å². The molecule has 1 atom stereocenters. The largest absolute Gasteiger partial charge is 0.347 e. The van der Waals surface area contributed by atoms with E-state index in [0.717, 1.165) is 32.6 Å². The van der Waals surface area contributed by atoms with Gasteiger partial charge in [-0.15, -0.1) is 11.3 Å². The number of hydrogen-bond acceptors (Lipinski definition) is 5. The van der Waals surface area contributed by atoms with E-state index in [4.69, 9.17) is 10.7 Å². The Morgan fingerprint density at radius 3 is 2.65 bits per heavy atom. The van der Waals surface area contributed by atoms with Gasteiger partial charge < -0.3 is 10.6 Å². The lowest BCUT2D eigenvalue weighted by Crippen LogP contribution is -2.39. The van der Waals surface area contributed by atoms with Gasteiger partial charge in [-0.25, -0.2) is 4.98 Å². The third-order valence-electron chi connectivity index (χ3n) is 4.31. The van der Waals surface area contributed by atoms with Gasteiger partial charge in [0, 0.05) is 37.1 Å². The molecule has 1 saturated heterocycles. The lowest BCUT2D eigenvalue weighted by Gasteiger charge is -2.29. The highest BCUT2D eigenvalue weighted by Gasteiger charge is 2.22. The smallest absolute Gasteiger partial charge is 0.185 e. The molecule has 5 heteroatoms. The summed E-state index contributed by atoms with van der Waals surface area (Å²) in [6.07, 6.45) is 3.54. The average molecular weight is 296 g/mol. The first-order valence-corrected chi connectivity index (χ1v) is 8.60. The lowest BCUT2D eigenvalue weighted by atomic mass is 10.1. The van der Waals surface area contributed by atoms with E-state index >= 15 is 0 Å². The van der Waals surface area contributed by atoms with Crippen LogP contribution in [0.15, 0.2) is 0 Å². The Labute approximate surface area is 127 Å². The van der Waals surface area contributed by atoms with Gasteiger partial charge in [-0.1, -0.05) is 6.92 Å². The SMILES string of the molecule is CCC(CCN)N1CCCN(c2nc(C)c(C)s2)CC1. The van der Waals surface area contributed by atoms with Crippen molar-refractivity contribution in [1.82, 2.24) is 9.88 Å². The molecule has 2 heterocycles. The Hall–Kier alpha value is -0.650. The van der Waals surface area contributed by atoms with Crippen LogP contribution in [0.5, 0.6) is 0 Å². The van der Waals surface area contributed by atoms with Gasteiger partial charge in [-0.2, -0.15) is 0 Å². The van der Waals surface area contributed by atoms with E-state index in [0.29, 0.717) is 6.04 Å². The number of thiazole rings is 1. The van der Waals surface area contributed by atoms with Gasteiger partial charge >= 0.3 is 0 Å². The molecule has 4 nitrogen and oxygen atoms in total. The Kier molecular flexibility index (Phi) is 5.81. The summed E-state index contributed by atoms with van der Waals surface area (Å²) in [7, 11) is 0. The molecule has 20 heavy (non-hydrogen) atoms. The summed E-state index contributed by atoms with van der Waals surface area (Å²) < 4.78 is 0. The maximum atomic E-state index is 5.74. The normalized spacial score (nSPS) is 19.1. The number of anilines is 1. The van der Waals surface area contributed by atoms with Crippen LogP contribution in [0, 0.1) is 13.8 Å². The van der Waals surface area contributed by atoms with Crippen molar-refractivity contribution in [2.45, 2.75) is 46.1 Å². The first kappa shape index (κ1) is 15.7. The van der Waals surface area contributed by atoms with Gasteiger partial charge in [0.15, 0.2) is 5.13 Å². The number of nitrogens with two attached hydrogens (primary N) is 1. The van der Waals surface area contributed by atoms with Crippen LogP contribution in [-0.4, -0.2) is 48.6 Å². The number of nitrogens with zero attached hydrogens (tertiary/aromatic N) is 3. The van der Waals surface area contributed by atoms with Crippen LogP contribution >= 0.6 is 11.3 Å². The number of aromatic nitrogens is 1. The Morgan fingerprint density at radius 1 is 1.25 bits per heavy atom. The fourth-order valence-electron chi connectivity index (χ4n) is 2.92. The first-order valence-electron chi connectivity index (χ1n) is 7.78. The zero-order valence-corrected chi connectivity index (χ0v) is 13.9. The molecule has 0 bridgehead atoms. The summed E-state index contributed by atoms with van der Waals surface area (Å²) >= 11 is 1.83. The molecular formula is C15H28N4S. The monoisotopic (exact) mass is 296 g/mol. The van der Waals surface area contributed by atoms with Gasteiger partial charge in [0.25, 0.3) is 0 Å². The molecule has 1 aliphatic rings. The number of rotatable bonds is 5. The molecule has 1 aromatic heterocycles. The van der Waals surface area contributed by atoms with Crippen LogP contribution in [0.3, 0.4) is 0 Å². The standard InChI is InChI=1S/C15H28N4S/c1-4-14(6-7-16)18-8-5-9-19(11-10-18)15-17-12(2)13(3)20-15/h14H,4-11,16H2,1-3H3. The van der Waals surface area contributed by atoms with Crippen molar-refractivity contribution in [2.24, 2.45) is 5.73 Å².